The SMILES string of the molecule is CC1(C)[C@H](C(=O)O[C@H](C#N)c2cccc(Oc3ccccc3)c2)[C@@H]1C(Br)C(Br)(Br)Br.CCc1nn(C)c(C(=O)NCc2ccc(C(C)(C)C)cc2)c1Cl. The molecule has 1 N–H and O–H groups in total. The topological polar surface area (TPSA) is 106 Å². The van der Waals surface area contributed by atoms with E-state index in [1.807, 2.05) is 63.2 Å². The molecule has 1 fully saturated rings. The molecule has 0 aliphatic heterocycles. The van der Waals surface area contributed by atoms with Crippen LogP contribution in [0.5, 0.6) is 11.5 Å². The highest BCUT2D eigenvalue weighted by Gasteiger charge is 2.67. The van der Waals surface area contributed by atoms with Crippen molar-refractivity contribution in [3.05, 3.63) is 112 Å². The van der Waals surface area contributed by atoms with Crippen molar-refractivity contribution in [2.75, 3.05) is 0 Å². The zero-order chi connectivity index (χ0) is 39.3. The lowest BCUT2D eigenvalue weighted by Crippen LogP contribution is -2.25. The first-order valence-corrected chi connectivity index (χ1v) is 20.7. The van der Waals surface area contributed by atoms with Gasteiger partial charge in [0.1, 0.15) is 25.4 Å². The van der Waals surface area contributed by atoms with Crippen LogP contribution in [0, 0.1) is 28.6 Å². The van der Waals surface area contributed by atoms with Crippen LogP contribution < -0.4 is 10.1 Å². The summed E-state index contributed by atoms with van der Waals surface area (Å²) in [5, 5.41) is 17.3. The van der Waals surface area contributed by atoms with E-state index in [-0.39, 0.29) is 39.4 Å². The van der Waals surface area contributed by atoms with E-state index in [4.69, 9.17) is 21.1 Å². The predicted molar refractivity (Wildman–Crippen MR) is 224 cm³/mol. The second-order valence-electron chi connectivity index (χ2n) is 14.4. The van der Waals surface area contributed by atoms with Crippen LogP contribution >= 0.6 is 75.3 Å². The highest BCUT2D eigenvalue weighted by molar-refractivity contribution is 9.40. The molecule has 1 heterocycles. The van der Waals surface area contributed by atoms with Crippen molar-refractivity contribution in [2.24, 2.45) is 24.3 Å². The highest BCUT2D eigenvalue weighted by atomic mass is 80.0. The second-order valence-corrected chi connectivity index (χ2v) is 22.7. The molecule has 1 unspecified atom stereocenters. The van der Waals surface area contributed by atoms with E-state index in [9.17, 15) is 14.9 Å². The summed E-state index contributed by atoms with van der Waals surface area (Å²) in [6, 6.07) is 26.8. The van der Waals surface area contributed by atoms with Crippen LogP contribution in [0.4, 0.5) is 0 Å². The third kappa shape index (κ3) is 11.0. The van der Waals surface area contributed by atoms with Crippen molar-refractivity contribution in [2.45, 2.75) is 73.0 Å². The Morgan fingerprint density at radius 3 is 2.19 bits per heavy atom. The van der Waals surface area contributed by atoms with E-state index in [1.54, 1.807) is 36.0 Å². The maximum atomic E-state index is 12.9. The van der Waals surface area contributed by atoms with Crippen LogP contribution in [-0.4, -0.2) is 28.6 Å². The monoisotopic (exact) mass is 994 g/mol. The number of nitriles is 1. The van der Waals surface area contributed by atoms with Crippen molar-refractivity contribution in [3.8, 4) is 17.6 Å². The van der Waals surface area contributed by atoms with Gasteiger partial charge in [-0.3, -0.25) is 14.3 Å². The summed E-state index contributed by atoms with van der Waals surface area (Å²) in [6.45, 7) is 13.0. The van der Waals surface area contributed by atoms with E-state index in [2.05, 4.69) is 113 Å². The third-order valence-electron chi connectivity index (χ3n) is 9.16. The standard InChI is InChI=1S/C22H19Br4NO3.C18H24ClN3O/c1-21(2)17(19(23)22(24,25)26)18(21)20(28)30-16(12-27)13-7-6-10-15(11-13)29-14-8-4-3-5-9-14;1-6-14-15(19)16(22(5)21-14)17(23)20-11-12-7-9-13(10-8-12)18(2,3)4/h3-11,16-19H,1-2H3;7-10H,6,11H2,1-5H3,(H,20,23)/t16-,17-,18+,19?;/m1./s1. The molecule has 53 heavy (non-hydrogen) atoms. The molecule has 0 radical (unpaired) electrons. The number of halogens is 5. The predicted octanol–water partition coefficient (Wildman–Crippen LogP) is 11.3. The molecular formula is C40H43Br4ClN4O4. The van der Waals surface area contributed by atoms with Gasteiger partial charge in [-0.15, -0.1) is 0 Å². The molecule has 0 bridgehead atoms. The zero-order valence-electron chi connectivity index (χ0n) is 30.6. The fourth-order valence-corrected chi connectivity index (χ4v) is 8.24. The average Bonchev–Trinajstić information content (AvgIpc) is 3.56. The Morgan fingerprint density at radius 1 is 1.02 bits per heavy atom. The first-order valence-electron chi connectivity index (χ1n) is 17.0. The second kappa shape index (κ2) is 17.8. The maximum absolute atomic E-state index is 12.9. The molecule has 282 valence electrons. The minimum Gasteiger partial charge on any atom is -0.457 e. The fraction of sp³-hybridized carbons (Fsp3) is 0.400. The lowest BCUT2D eigenvalue weighted by atomic mass is 9.87. The molecule has 1 amide bonds. The number of alkyl halides is 4. The molecule has 1 aliphatic rings. The molecule has 5 rings (SSSR count). The number of benzene rings is 3. The molecule has 4 aromatic rings. The Morgan fingerprint density at radius 2 is 1.64 bits per heavy atom. The van der Waals surface area contributed by atoms with E-state index >= 15 is 0 Å². The number of rotatable bonds is 10. The van der Waals surface area contributed by atoms with Crippen LogP contribution in [0.2, 0.25) is 5.02 Å². The number of esters is 1. The molecular weight excluding hydrogens is 956 g/mol. The van der Waals surface area contributed by atoms with Gasteiger partial charge in [-0.25, -0.2) is 0 Å². The third-order valence-corrected chi connectivity index (χ3v) is 14.1. The molecule has 0 spiro atoms. The summed E-state index contributed by atoms with van der Waals surface area (Å²) < 4.78 is 12.4. The van der Waals surface area contributed by atoms with Gasteiger partial charge in [0, 0.05) is 19.2 Å². The van der Waals surface area contributed by atoms with Gasteiger partial charge in [0.25, 0.3) is 5.91 Å². The molecule has 4 atom stereocenters. The zero-order valence-corrected chi connectivity index (χ0v) is 37.7. The van der Waals surface area contributed by atoms with Gasteiger partial charge < -0.3 is 14.8 Å². The molecule has 3 aromatic carbocycles. The van der Waals surface area contributed by atoms with Crippen LogP contribution in [0.1, 0.15) is 80.5 Å². The van der Waals surface area contributed by atoms with Crippen molar-refractivity contribution < 1.29 is 19.1 Å². The summed E-state index contributed by atoms with van der Waals surface area (Å²) in [7, 11) is 1.73. The lowest BCUT2D eigenvalue weighted by Gasteiger charge is -2.21. The van der Waals surface area contributed by atoms with Crippen molar-refractivity contribution in [1.29, 1.82) is 5.26 Å². The number of nitrogens with zero attached hydrogens (tertiary/aromatic N) is 3. The Hall–Kier alpha value is -2.69. The summed E-state index contributed by atoms with van der Waals surface area (Å²) >= 11 is 20.4. The van der Waals surface area contributed by atoms with Crippen LogP contribution in [0.3, 0.4) is 0 Å². The Labute approximate surface area is 350 Å². The largest absolute Gasteiger partial charge is 0.457 e. The maximum Gasteiger partial charge on any atom is 0.311 e. The number of amides is 1. The summed E-state index contributed by atoms with van der Waals surface area (Å²) in [5.74, 6) is 0.372. The van der Waals surface area contributed by atoms with Crippen molar-refractivity contribution in [1.82, 2.24) is 15.1 Å². The number of aryl methyl sites for hydroxylation is 2. The Kier molecular flexibility index (Phi) is 14.5. The molecule has 1 saturated carbocycles. The smallest absolute Gasteiger partial charge is 0.311 e. The summed E-state index contributed by atoms with van der Waals surface area (Å²) in [5.41, 5.74) is 3.92. The number of hydrogen-bond donors (Lipinski definition) is 1. The number of carbonyl (C=O) groups is 2. The van der Waals surface area contributed by atoms with Gasteiger partial charge in [-0.05, 0) is 58.6 Å². The first kappa shape index (κ1) is 43.0. The van der Waals surface area contributed by atoms with Crippen molar-refractivity contribution >= 4 is 87.2 Å². The van der Waals surface area contributed by atoms with E-state index in [1.165, 1.54) is 5.56 Å². The van der Waals surface area contributed by atoms with Gasteiger partial charge in [0.05, 0.1) is 21.5 Å². The van der Waals surface area contributed by atoms with Gasteiger partial charge in [0.15, 0.2) is 0 Å². The van der Waals surface area contributed by atoms with Gasteiger partial charge in [-0.1, -0.05) is 171 Å². The van der Waals surface area contributed by atoms with Crippen LogP contribution in [0.25, 0.3) is 0 Å². The number of ether oxygens (including phenoxy) is 2. The average molecular weight is 999 g/mol. The minimum absolute atomic E-state index is 0.0233. The number of hydrogen-bond acceptors (Lipinski definition) is 6. The normalized spacial score (nSPS) is 17.3. The summed E-state index contributed by atoms with van der Waals surface area (Å²) in [6.07, 6.45) is -0.307. The molecule has 0 saturated heterocycles. The fourth-order valence-electron chi connectivity index (χ4n) is 6.02. The van der Waals surface area contributed by atoms with E-state index in [0.717, 1.165) is 11.3 Å². The van der Waals surface area contributed by atoms with Gasteiger partial charge in [0.2, 0.25) is 6.10 Å². The number of nitrogens with one attached hydrogen (secondary N) is 1. The highest BCUT2D eigenvalue weighted by Crippen LogP contribution is 2.66. The molecule has 13 heteroatoms. The van der Waals surface area contributed by atoms with Gasteiger partial charge in [-0.2, -0.15) is 10.4 Å². The number of para-hydroxylation sites is 1. The van der Waals surface area contributed by atoms with E-state index in [0.29, 0.717) is 40.7 Å². The molecule has 1 aliphatic carbocycles. The lowest BCUT2D eigenvalue weighted by molar-refractivity contribution is -0.149. The Bertz CT molecular complexity index is 1930. The quantitative estimate of drug-likeness (QED) is 0.125. The molecule has 8 nitrogen and oxygen atoms in total. The van der Waals surface area contributed by atoms with Crippen molar-refractivity contribution in [3.63, 3.8) is 0 Å². The Balaban J connectivity index is 0.000000245. The van der Waals surface area contributed by atoms with Crippen LogP contribution in [-0.2, 0) is 35.0 Å². The summed E-state index contributed by atoms with van der Waals surface area (Å²) in [4.78, 5) is 25.2. The molecule has 1 aromatic heterocycles. The first-order chi connectivity index (χ1) is 24.8. The number of aromatic nitrogens is 2. The van der Waals surface area contributed by atoms with Crippen LogP contribution in [0.15, 0.2) is 78.9 Å². The minimum atomic E-state index is -1.01. The van der Waals surface area contributed by atoms with E-state index < -0.39 is 8.25 Å². The number of carbonyl (C=O) groups excluding carboxylic acids is 2. The van der Waals surface area contributed by atoms with Gasteiger partial charge >= 0.3 is 5.97 Å².